The van der Waals surface area contributed by atoms with Crippen molar-refractivity contribution in [1.29, 1.82) is 0 Å². The zero-order chi connectivity index (χ0) is 24.6. The van der Waals surface area contributed by atoms with E-state index in [1.54, 1.807) is 18.2 Å². The first-order valence-corrected chi connectivity index (χ1v) is 10.4. The van der Waals surface area contributed by atoms with E-state index in [0.717, 1.165) is 12.1 Å². The summed E-state index contributed by atoms with van der Waals surface area (Å²) in [5, 5.41) is 0. The molecule has 2 unspecified atom stereocenters. The summed E-state index contributed by atoms with van der Waals surface area (Å²) >= 11 is 0. The second kappa shape index (κ2) is 9.03. The molecule has 2 heterocycles. The molecular formula is C23H20F5N3O3. The number of likely N-dealkylation sites (tertiary alicyclic amines) is 1. The fraction of sp³-hybridized carbons (Fsp3) is 0.348. The molecule has 2 atom stereocenters. The number of benzene rings is 2. The standard InChI is InChI=1S/C23H20F5N3O3/c1-13(20-29-17-7-2-3-8-18(17)31(20)22(24)25)34-21(33)15-10-19(32)30(12-15)11-14-5-4-6-16(9-14)23(26,27)28/h2-9,13,15,22H,10-12H2,1H3. The molecule has 34 heavy (non-hydrogen) atoms. The molecule has 1 fully saturated rings. The Labute approximate surface area is 190 Å². The second-order valence-corrected chi connectivity index (χ2v) is 8.06. The van der Waals surface area contributed by atoms with E-state index in [1.165, 1.54) is 30.0 Å². The van der Waals surface area contributed by atoms with Gasteiger partial charge >= 0.3 is 18.7 Å². The Kier molecular flexibility index (Phi) is 6.28. The van der Waals surface area contributed by atoms with Crippen LogP contribution in [0, 0.1) is 5.92 Å². The van der Waals surface area contributed by atoms with Crippen molar-refractivity contribution in [2.45, 2.75) is 38.7 Å². The first-order valence-electron chi connectivity index (χ1n) is 10.4. The van der Waals surface area contributed by atoms with Gasteiger partial charge in [-0.15, -0.1) is 0 Å². The maximum atomic E-state index is 13.7. The molecule has 1 aliphatic heterocycles. The van der Waals surface area contributed by atoms with Gasteiger partial charge in [-0.2, -0.15) is 22.0 Å². The number of carbonyl (C=O) groups excluding carboxylic acids is 2. The predicted molar refractivity (Wildman–Crippen MR) is 110 cm³/mol. The lowest BCUT2D eigenvalue weighted by Gasteiger charge is -2.19. The highest BCUT2D eigenvalue weighted by Gasteiger charge is 2.37. The summed E-state index contributed by atoms with van der Waals surface area (Å²) in [5.74, 6) is -2.17. The Hall–Kier alpha value is -3.50. The van der Waals surface area contributed by atoms with Gasteiger partial charge in [0.2, 0.25) is 5.91 Å². The van der Waals surface area contributed by atoms with E-state index in [-0.39, 0.29) is 36.4 Å². The number of amides is 1. The van der Waals surface area contributed by atoms with Gasteiger partial charge in [-0.25, -0.2) is 4.98 Å². The Morgan fingerprint density at radius 2 is 1.91 bits per heavy atom. The Bertz CT molecular complexity index is 1220. The summed E-state index contributed by atoms with van der Waals surface area (Å²) in [6, 6.07) is 10.9. The first kappa shape index (κ1) is 23.7. The number of ether oxygens (including phenoxy) is 1. The molecule has 3 aromatic rings. The third-order valence-electron chi connectivity index (χ3n) is 5.65. The number of hydrogen-bond acceptors (Lipinski definition) is 4. The fourth-order valence-electron chi connectivity index (χ4n) is 4.03. The molecular weight excluding hydrogens is 461 g/mol. The van der Waals surface area contributed by atoms with Crippen LogP contribution in [0.15, 0.2) is 48.5 Å². The van der Waals surface area contributed by atoms with Crippen molar-refractivity contribution in [3.63, 3.8) is 0 Å². The zero-order valence-corrected chi connectivity index (χ0v) is 17.9. The van der Waals surface area contributed by atoms with Crippen LogP contribution in [0.2, 0.25) is 0 Å². The molecule has 4 rings (SSSR count). The molecule has 11 heteroatoms. The molecule has 1 amide bonds. The van der Waals surface area contributed by atoms with E-state index in [0.29, 0.717) is 10.1 Å². The van der Waals surface area contributed by atoms with Crippen LogP contribution in [-0.4, -0.2) is 32.9 Å². The minimum absolute atomic E-state index is 0.0497. The Balaban J connectivity index is 1.44. The van der Waals surface area contributed by atoms with Crippen LogP contribution < -0.4 is 0 Å². The van der Waals surface area contributed by atoms with Gasteiger partial charge in [-0.1, -0.05) is 24.3 Å². The lowest BCUT2D eigenvalue weighted by Crippen LogP contribution is -2.27. The van der Waals surface area contributed by atoms with E-state index >= 15 is 0 Å². The fourth-order valence-corrected chi connectivity index (χ4v) is 4.03. The zero-order valence-electron chi connectivity index (χ0n) is 17.9. The van der Waals surface area contributed by atoms with Gasteiger partial charge in [0.05, 0.1) is 22.5 Å². The number of alkyl halides is 5. The van der Waals surface area contributed by atoms with Gasteiger partial charge in [0, 0.05) is 19.5 Å². The lowest BCUT2D eigenvalue weighted by atomic mass is 10.1. The molecule has 1 aliphatic rings. The summed E-state index contributed by atoms with van der Waals surface area (Å²) in [6.07, 6.45) is -5.81. The van der Waals surface area contributed by atoms with E-state index in [4.69, 9.17) is 4.74 Å². The average molecular weight is 481 g/mol. The number of aromatic nitrogens is 2. The van der Waals surface area contributed by atoms with Crippen molar-refractivity contribution in [2.75, 3.05) is 6.54 Å². The number of hydrogen-bond donors (Lipinski definition) is 0. The van der Waals surface area contributed by atoms with Gasteiger partial charge in [-0.3, -0.25) is 14.2 Å². The SMILES string of the molecule is CC(OC(=O)C1CC(=O)N(Cc2cccc(C(F)(F)F)c2)C1)c1nc2ccccc2n1C(F)F. The molecule has 0 aliphatic carbocycles. The number of nitrogens with zero attached hydrogens (tertiary/aromatic N) is 3. The topological polar surface area (TPSA) is 64.4 Å². The molecule has 6 nitrogen and oxygen atoms in total. The summed E-state index contributed by atoms with van der Waals surface area (Å²) in [4.78, 5) is 30.5. The van der Waals surface area contributed by atoms with Crippen LogP contribution >= 0.6 is 0 Å². The number of fused-ring (bicyclic) bond motifs is 1. The van der Waals surface area contributed by atoms with E-state index in [9.17, 15) is 31.5 Å². The highest BCUT2D eigenvalue weighted by atomic mass is 19.4. The van der Waals surface area contributed by atoms with Gasteiger partial charge in [0.25, 0.3) is 0 Å². The van der Waals surface area contributed by atoms with E-state index in [1.807, 2.05) is 0 Å². The predicted octanol–water partition coefficient (Wildman–Crippen LogP) is 5.10. The number of imidazole rings is 1. The molecule has 1 aromatic heterocycles. The molecule has 180 valence electrons. The molecule has 0 radical (unpaired) electrons. The van der Waals surface area contributed by atoms with Crippen LogP contribution in [0.4, 0.5) is 22.0 Å². The number of para-hydroxylation sites is 2. The molecule has 0 spiro atoms. The van der Waals surface area contributed by atoms with Crippen LogP contribution in [0.25, 0.3) is 11.0 Å². The maximum absolute atomic E-state index is 13.7. The van der Waals surface area contributed by atoms with Crippen molar-refractivity contribution >= 4 is 22.9 Å². The minimum atomic E-state index is -4.51. The quantitative estimate of drug-likeness (QED) is 0.363. The van der Waals surface area contributed by atoms with Gasteiger partial charge in [0.15, 0.2) is 11.9 Å². The highest BCUT2D eigenvalue weighted by molar-refractivity contribution is 5.87. The molecule has 0 saturated carbocycles. The molecule has 1 saturated heterocycles. The number of rotatable bonds is 6. The normalized spacial score (nSPS) is 17.6. The van der Waals surface area contributed by atoms with Crippen molar-refractivity contribution in [3.8, 4) is 0 Å². The van der Waals surface area contributed by atoms with E-state index in [2.05, 4.69) is 4.98 Å². The van der Waals surface area contributed by atoms with Crippen molar-refractivity contribution in [3.05, 3.63) is 65.5 Å². The van der Waals surface area contributed by atoms with E-state index < -0.39 is 42.2 Å². The largest absolute Gasteiger partial charge is 0.454 e. The van der Waals surface area contributed by atoms with Gasteiger partial charge in [-0.05, 0) is 36.8 Å². The van der Waals surface area contributed by atoms with Crippen molar-refractivity contribution in [2.24, 2.45) is 5.92 Å². The third kappa shape index (κ3) is 4.73. The van der Waals surface area contributed by atoms with Crippen molar-refractivity contribution in [1.82, 2.24) is 14.5 Å². The number of carbonyl (C=O) groups is 2. The second-order valence-electron chi connectivity index (χ2n) is 8.06. The summed E-state index contributed by atoms with van der Waals surface area (Å²) in [5.41, 5.74) is -0.0396. The lowest BCUT2D eigenvalue weighted by molar-refractivity contribution is -0.154. The summed E-state index contributed by atoms with van der Waals surface area (Å²) < 4.78 is 72.2. The number of halogens is 5. The van der Waals surface area contributed by atoms with Crippen LogP contribution in [0.3, 0.4) is 0 Å². The Morgan fingerprint density at radius 3 is 2.62 bits per heavy atom. The Morgan fingerprint density at radius 1 is 1.18 bits per heavy atom. The summed E-state index contributed by atoms with van der Waals surface area (Å²) in [6.45, 7) is -1.63. The van der Waals surface area contributed by atoms with Gasteiger partial charge in [0.1, 0.15) is 0 Å². The number of esters is 1. The van der Waals surface area contributed by atoms with Crippen LogP contribution in [0.1, 0.15) is 42.9 Å². The molecule has 2 aromatic carbocycles. The van der Waals surface area contributed by atoms with Crippen LogP contribution in [-0.2, 0) is 27.0 Å². The molecule has 0 N–H and O–H groups in total. The summed E-state index contributed by atoms with van der Waals surface area (Å²) in [7, 11) is 0. The maximum Gasteiger partial charge on any atom is 0.416 e. The minimum Gasteiger partial charge on any atom is -0.454 e. The van der Waals surface area contributed by atoms with Crippen molar-refractivity contribution < 1.29 is 36.3 Å². The first-order chi connectivity index (χ1) is 16.0. The van der Waals surface area contributed by atoms with Gasteiger partial charge < -0.3 is 9.64 Å². The average Bonchev–Trinajstić information content (AvgIpc) is 3.34. The third-order valence-corrected chi connectivity index (χ3v) is 5.65. The smallest absolute Gasteiger partial charge is 0.416 e. The monoisotopic (exact) mass is 481 g/mol. The van der Waals surface area contributed by atoms with Crippen LogP contribution in [0.5, 0.6) is 0 Å². The molecule has 0 bridgehead atoms. The highest BCUT2D eigenvalue weighted by Crippen LogP contribution is 2.32.